The van der Waals surface area contributed by atoms with E-state index in [9.17, 15) is 9.18 Å². The van der Waals surface area contributed by atoms with Crippen molar-refractivity contribution in [3.63, 3.8) is 0 Å². The molecule has 16 heavy (non-hydrogen) atoms. The van der Waals surface area contributed by atoms with Crippen LogP contribution in [0.3, 0.4) is 0 Å². The summed E-state index contributed by atoms with van der Waals surface area (Å²) in [6.07, 6.45) is 1.40. The summed E-state index contributed by atoms with van der Waals surface area (Å²) in [7, 11) is 1.36. The van der Waals surface area contributed by atoms with E-state index in [1.54, 1.807) is 13.0 Å². The van der Waals surface area contributed by atoms with Crippen molar-refractivity contribution >= 4 is 11.7 Å². The smallest absolute Gasteiger partial charge is 0.331 e. The molecule has 3 nitrogen and oxygen atoms in total. The molecule has 0 aromatic heterocycles. The molecule has 0 spiro atoms. The van der Waals surface area contributed by atoms with Gasteiger partial charge >= 0.3 is 5.97 Å². The standard InChI is InChI=1S/C12H14FNO2/c1-12(11(15)16-2)6-5-8-3-4-9(13)7-10(8)14-12/h3-4,7,14H,5-6H2,1-2H3. The molecule has 0 saturated heterocycles. The highest BCUT2D eigenvalue weighted by Gasteiger charge is 2.37. The maximum Gasteiger partial charge on any atom is 0.331 e. The lowest BCUT2D eigenvalue weighted by molar-refractivity contribution is -0.145. The Hall–Kier alpha value is -1.58. The van der Waals surface area contributed by atoms with Gasteiger partial charge in [-0.3, -0.25) is 0 Å². The predicted octanol–water partition coefficient (Wildman–Crippen LogP) is 2.12. The van der Waals surface area contributed by atoms with Crippen LogP contribution in [0.4, 0.5) is 10.1 Å². The minimum Gasteiger partial charge on any atom is -0.467 e. The molecule has 0 amide bonds. The summed E-state index contributed by atoms with van der Waals surface area (Å²) in [6.45, 7) is 1.77. The van der Waals surface area contributed by atoms with Gasteiger partial charge in [-0.15, -0.1) is 0 Å². The highest BCUT2D eigenvalue weighted by molar-refractivity contribution is 5.85. The summed E-state index contributed by atoms with van der Waals surface area (Å²) in [6, 6.07) is 4.59. The van der Waals surface area contributed by atoms with Gasteiger partial charge in [0.05, 0.1) is 7.11 Å². The van der Waals surface area contributed by atoms with Crippen molar-refractivity contribution in [3.05, 3.63) is 29.6 Å². The number of carbonyl (C=O) groups is 1. The fourth-order valence-corrected chi connectivity index (χ4v) is 2.01. The molecule has 1 aliphatic heterocycles. The Balaban J connectivity index is 2.32. The molecular weight excluding hydrogens is 209 g/mol. The molecule has 2 rings (SSSR count). The molecule has 0 aliphatic carbocycles. The van der Waals surface area contributed by atoms with Crippen LogP contribution >= 0.6 is 0 Å². The normalized spacial score (nSPS) is 23.2. The first-order chi connectivity index (χ1) is 7.55. The van der Waals surface area contributed by atoms with E-state index >= 15 is 0 Å². The Kier molecular flexibility index (Phi) is 2.58. The van der Waals surface area contributed by atoms with Crippen LogP contribution in [0.5, 0.6) is 0 Å². The topological polar surface area (TPSA) is 38.3 Å². The SMILES string of the molecule is COC(=O)C1(C)CCc2ccc(F)cc2N1. The fraction of sp³-hybridized carbons (Fsp3) is 0.417. The number of halogens is 1. The molecule has 0 fully saturated rings. The van der Waals surface area contributed by atoms with Gasteiger partial charge in [0.25, 0.3) is 0 Å². The van der Waals surface area contributed by atoms with E-state index in [2.05, 4.69) is 5.32 Å². The number of anilines is 1. The summed E-state index contributed by atoms with van der Waals surface area (Å²) in [4.78, 5) is 11.6. The summed E-state index contributed by atoms with van der Waals surface area (Å²) >= 11 is 0. The predicted molar refractivity (Wildman–Crippen MR) is 58.8 cm³/mol. The van der Waals surface area contributed by atoms with Gasteiger partial charge in [-0.1, -0.05) is 6.07 Å². The molecule has 1 unspecified atom stereocenters. The van der Waals surface area contributed by atoms with Gasteiger partial charge < -0.3 is 10.1 Å². The maximum absolute atomic E-state index is 13.1. The molecule has 1 aromatic rings. The van der Waals surface area contributed by atoms with Crippen LogP contribution in [0.2, 0.25) is 0 Å². The molecule has 0 radical (unpaired) electrons. The second-order valence-corrected chi connectivity index (χ2v) is 4.25. The van der Waals surface area contributed by atoms with Gasteiger partial charge in [-0.05, 0) is 37.5 Å². The minimum atomic E-state index is -0.754. The second kappa shape index (κ2) is 3.77. The van der Waals surface area contributed by atoms with Gasteiger partial charge in [-0.2, -0.15) is 0 Å². The number of methoxy groups -OCH3 is 1. The second-order valence-electron chi connectivity index (χ2n) is 4.25. The Labute approximate surface area is 93.6 Å². The summed E-state index contributed by atoms with van der Waals surface area (Å²) in [5, 5.41) is 3.05. The van der Waals surface area contributed by atoms with Gasteiger partial charge in [-0.25, -0.2) is 9.18 Å². The molecular formula is C12H14FNO2. The van der Waals surface area contributed by atoms with Crippen LogP contribution in [-0.2, 0) is 16.0 Å². The summed E-state index contributed by atoms with van der Waals surface area (Å²) in [5.41, 5.74) is 0.956. The zero-order valence-corrected chi connectivity index (χ0v) is 9.34. The summed E-state index contributed by atoms with van der Waals surface area (Å²) in [5.74, 6) is -0.622. The number of fused-ring (bicyclic) bond motifs is 1. The quantitative estimate of drug-likeness (QED) is 0.741. The first kappa shape index (κ1) is 10.9. The van der Waals surface area contributed by atoms with E-state index in [1.807, 2.05) is 0 Å². The Bertz CT molecular complexity index is 433. The van der Waals surface area contributed by atoms with Gasteiger partial charge in [0.1, 0.15) is 11.4 Å². The van der Waals surface area contributed by atoms with Crippen LogP contribution in [0.1, 0.15) is 18.9 Å². The number of ether oxygens (including phenoxy) is 1. The maximum atomic E-state index is 13.1. The highest BCUT2D eigenvalue weighted by Crippen LogP contribution is 2.31. The van der Waals surface area contributed by atoms with Crippen molar-refractivity contribution in [2.24, 2.45) is 0 Å². The van der Waals surface area contributed by atoms with Crippen LogP contribution in [0.15, 0.2) is 18.2 Å². The zero-order valence-electron chi connectivity index (χ0n) is 9.34. The third-order valence-electron chi connectivity index (χ3n) is 3.01. The summed E-state index contributed by atoms with van der Waals surface area (Å²) < 4.78 is 17.8. The first-order valence-corrected chi connectivity index (χ1v) is 5.20. The van der Waals surface area contributed by atoms with Crippen LogP contribution in [-0.4, -0.2) is 18.6 Å². The fourth-order valence-electron chi connectivity index (χ4n) is 2.01. The number of esters is 1. The molecule has 86 valence electrons. The van der Waals surface area contributed by atoms with Crippen LogP contribution in [0, 0.1) is 5.82 Å². The third kappa shape index (κ3) is 1.75. The first-order valence-electron chi connectivity index (χ1n) is 5.20. The van der Waals surface area contributed by atoms with E-state index in [0.29, 0.717) is 12.1 Å². The van der Waals surface area contributed by atoms with E-state index < -0.39 is 5.54 Å². The Morgan fingerprint density at radius 1 is 1.56 bits per heavy atom. The lowest BCUT2D eigenvalue weighted by atomic mass is 9.88. The zero-order chi connectivity index (χ0) is 11.8. The average molecular weight is 223 g/mol. The molecule has 0 saturated carbocycles. The van der Waals surface area contributed by atoms with Crippen LogP contribution in [0.25, 0.3) is 0 Å². The van der Waals surface area contributed by atoms with E-state index in [-0.39, 0.29) is 11.8 Å². The lowest BCUT2D eigenvalue weighted by Crippen LogP contribution is -2.47. The monoisotopic (exact) mass is 223 g/mol. The highest BCUT2D eigenvalue weighted by atomic mass is 19.1. The van der Waals surface area contributed by atoms with Gasteiger partial charge in [0.2, 0.25) is 0 Å². The molecule has 1 heterocycles. The molecule has 1 N–H and O–H groups in total. The van der Waals surface area contributed by atoms with Crippen molar-refractivity contribution in [1.82, 2.24) is 0 Å². The molecule has 1 atom stereocenters. The Morgan fingerprint density at radius 3 is 3.00 bits per heavy atom. The van der Waals surface area contributed by atoms with Crippen molar-refractivity contribution in [3.8, 4) is 0 Å². The van der Waals surface area contributed by atoms with Crippen LogP contribution < -0.4 is 5.32 Å². The Morgan fingerprint density at radius 2 is 2.31 bits per heavy atom. The number of aryl methyl sites for hydroxylation is 1. The van der Waals surface area contributed by atoms with Crippen molar-refractivity contribution in [1.29, 1.82) is 0 Å². The molecule has 4 heteroatoms. The third-order valence-corrected chi connectivity index (χ3v) is 3.01. The number of hydrogen-bond donors (Lipinski definition) is 1. The number of nitrogens with one attached hydrogen (secondary N) is 1. The lowest BCUT2D eigenvalue weighted by Gasteiger charge is -2.34. The van der Waals surface area contributed by atoms with Gasteiger partial charge in [0, 0.05) is 5.69 Å². The van der Waals surface area contributed by atoms with E-state index in [0.717, 1.165) is 12.0 Å². The minimum absolute atomic E-state index is 0.305. The largest absolute Gasteiger partial charge is 0.467 e. The molecule has 1 aliphatic rings. The van der Waals surface area contributed by atoms with E-state index in [4.69, 9.17) is 4.74 Å². The van der Waals surface area contributed by atoms with Gasteiger partial charge in [0.15, 0.2) is 0 Å². The van der Waals surface area contributed by atoms with Crippen molar-refractivity contribution in [2.75, 3.05) is 12.4 Å². The number of rotatable bonds is 1. The number of hydrogen-bond acceptors (Lipinski definition) is 3. The number of carbonyl (C=O) groups excluding carboxylic acids is 1. The molecule has 1 aromatic carbocycles. The van der Waals surface area contributed by atoms with Crippen molar-refractivity contribution < 1.29 is 13.9 Å². The number of benzene rings is 1. The average Bonchev–Trinajstić information content (AvgIpc) is 2.27. The molecule has 0 bridgehead atoms. The van der Waals surface area contributed by atoms with E-state index in [1.165, 1.54) is 19.2 Å². The van der Waals surface area contributed by atoms with Crippen molar-refractivity contribution in [2.45, 2.75) is 25.3 Å².